The number of allylic oxidation sites excluding steroid dienone is 1. The first-order chi connectivity index (χ1) is 14.5. The van der Waals surface area contributed by atoms with Crippen LogP contribution in [0.2, 0.25) is 0 Å². The fourth-order valence-corrected chi connectivity index (χ4v) is 3.14. The molecule has 1 aliphatic rings. The van der Waals surface area contributed by atoms with Crippen LogP contribution >= 0.6 is 0 Å². The molecule has 2 heterocycles. The number of nitrogens with zero attached hydrogens (tertiary/aromatic N) is 5. The molecule has 8 heteroatoms. The number of nitrogens with one attached hydrogen (secondary N) is 1. The van der Waals surface area contributed by atoms with Gasteiger partial charge in [-0.3, -0.25) is 9.78 Å². The average Bonchev–Trinajstić information content (AvgIpc) is 2.78. The Kier molecular flexibility index (Phi) is 7.00. The molecule has 0 saturated heterocycles. The molecular formula is C22H28N6O2. The van der Waals surface area contributed by atoms with Crippen molar-refractivity contribution in [3.05, 3.63) is 53.7 Å². The summed E-state index contributed by atoms with van der Waals surface area (Å²) in [7, 11) is 4.01. The largest absolute Gasteiger partial charge is 0.371 e. The van der Waals surface area contributed by atoms with E-state index in [9.17, 15) is 4.79 Å². The number of anilines is 3. The SMILES string of the molecule is CCc1ccc(NC(=O)C2=C(C)ON=CC2)c(N(C)CCN(C)c2cnccn2)c1. The molecule has 0 radical (unpaired) electrons. The topological polar surface area (TPSA) is 83.0 Å². The molecule has 1 amide bonds. The van der Waals surface area contributed by atoms with Crippen LogP contribution in [0.5, 0.6) is 0 Å². The van der Waals surface area contributed by atoms with Gasteiger partial charge in [0.2, 0.25) is 0 Å². The van der Waals surface area contributed by atoms with Crippen LogP contribution in [0, 0.1) is 0 Å². The zero-order valence-corrected chi connectivity index (χ0v) is 17.9. The van der Waals surface area contributed by atoms with E-state index in [4.69, 9.17) is 4.84 Å². The summed E-state index contributed by atoms with van der Waals surface area (Å²) < 4.78 is 0. The number of likely N-dealkylation sites (N-methyl/N-ethyl adjacent to an activating group) is 2. The van der Waals surface area contributed by atoms with E-state index in [1.807, 2.05) is 26.2 Å². The van der Waals surface area contributed by atoms with Gasteiger partial charge in [0, 0.05) is 52.2 Å². The molecule has 0 unspecified atom stereocenters. The van der Waals surface area contributed by atoms with Crippen LogP contribution in [-0.4, -0.2) is 49.3 Å². The standard InChI is InChI=1S/C22H28N6O2/c1-5-17-6-7-19(26-22(29)18-8-9-25-30-16(18)2)20(14-17)27(3)12-13-28(4)21-15-23-10-11-24-21/h6-7,9-11,14-15H,5,8,12-13H2,1-4H3,(H,26,29). The second-order valence-corrected chi connectivity index (χ2v) is 7.18. The number of hydrogen-bond acceptors (Lipinski definition) is 7. The Morgan fingerprint density at radius 2 is 2.00 bits per heavy atom. The molecule has 0 fully saturated rings. The van der Waals surface area contributed by atoms with E-state index >= 15 is 0 Å². The third kappa shape index (κ3) is 5.14. The Morgan fingerprint density at radius 3 is 2.70 bits per heavy atom. The highest BCUT2D eigenvalue weighted by Gasteiger charge is 2.19. The Labute approximate surface area is 177 Å². The fraction of sp³-hybridized carbons (Fsp3) is 0.364. The molecule has 1 N–H and O–H groups in total. The van der Waals surface area contributed by atoms with Crippen LogP contribution in [0.25, 0.3) is 0 Å². The van der Waals surface area contributed by atoms with Crippen molar-refractivity contribution in [3.8, 4) is 0 Å². The van der Waals surface area contributed by atoms with Crippen molar-refractivity contribution >= 4 is 29.3 Å². The van der Waals surface area contributed by atoms with Gasteiger partial charge in [-0.1, -0.05) is 18.1 Å². The maximum atomic E-state index is 12.8. The number of amides is 1. The number of carbonyl (C=O) groups is 1. The van der Waals surface area contributed by atoms with Gasteiger partial charge in [-0.25, -0.2) is 4.98 Å². The van der Waals surface area contributed by atoms with Gasteiger partial charge < -0.3 is 20.0 Å². The van der Waals surface area contributed by atoms with Gasteiger partial charge in [0.25, 0.3) is 5.91 Å². The van der Waals surface area contributed by atoms with Crippen molar-refractivity contribution in [2.24, 2.45) is 5.16 Å². The molecule has 1 aliphatic heterocycles. The van der Waals surface area contributed by atoms with Crippen molar-refractivity contribution in [1.29, 1.82) is 0 Å². The lowest BCUT2D eigenvalue weighted by Crippen LogP contribution is -2.32. The number of carbonyl (C=O) groups excluding carboxylic acids is 1. The van der Waals surface area contributed by atoms with E-state index in [2.05, 4.69) is 43.2 Å². The van der Waals surface area contributed by atoms with Crippen LogP contribution in [0.3, 0.4) is 0 Å². The summed E-state index contributed by atoms with van der Waals surface area (Å²) in [6, 6.07) is 6.12. The van der Waals surface area contributed by atoms with E-state index < -0.39 is 0 Å². The lowest BCUT2D eigenvalue weighted by molar-refractivity contribution is -0.113. The van der Waals surface area contributed by atoms with Crippen molar-refractivity contribution in [3.63, 3.8) is 0 Å². The molecule has 0 bridgehead atoms. The van der Waals surface area contributed by atoms with Crippen molar-refractivity contribution < 1.29 is 9.63 Å². The predicted molar refractivity (Wildman–Crippen MR) is 120 cm³/mol. The summed E-state index contributed by atoms with van der Waals surface area (Å²) in [5.41, 5.74) is 3.53. The highest BCUT2D eigenvalue weighted by Crippen LogP contribution is 2.28. The van der Waals surface area contributed by atoms with Crippen LogP contribution < -0.4 is 15.1 Å². The summed E-state index contributed by atoms with van der Waals surface area (Å²) in [6.07, 6.45) is 8.06. The highest BCUT2D eigenvalue weighted by atomic mass is 16.6. The molecule has 0 saturated carbocycles. The summed E-state index contributed by atoms with van der Waals surface area (Å²) >= 11 is 0. The van der Waals surface area contributed by atoms with E-state index in [1.54, 1.807) is 31.7 Å². The number of hydrogen-bond donors (Lipinski definition) is 1. The van der Waals surface area contributed by atoms with Crippen molar-refractivity contribution in [2.45, 2.75) is 26.7 Å². The number of benzene rings is 1. The summed E-state index contributed by atoms with van der Waals surface area (Å²) in [4.78, 5) is 30.6. The minimum Gasteiger partial charge on any atom is -0.371 e. The van der Waals surface area contributed by atoms with Crippen molar-refractivity contribution in [1.82, 2.24) is 9.97 Å². The first-order valence-electron chi connectivity index (χ1n) is 10.0. The first-order valence-corrected chi connectivity index (χ1v) is 10.0. The monoisotopic (exact) mass is 408 g/mol. The van der Waals surface area contributed by atoms with Crippen LogP contribution in [0.4, 0.5) is 17.2 Å². The second-order valence-electron chi connectivity index (χ2n) is 7.18. The van der Waals surface area contributed by atoms with E-state index in [1.165, 1.54) is 5.56 Å². The van der Waals surface area contributed by atoms with Gasteiger partial charge in [0.1, 0.15) is 11.6 Å². The Hall–Kier alpha value is -3.42. The zero-order valence-electron chi connectivity index (χ0n) is 17.9. The highest BCUT2D eigenvalue weighted by molar-refractivity contribution is 6.07. The molecule has 8 nitrogen and oxygen atoms in total. The maximum Gasteiger partial charge on any atom is 0.255 e. The van der Waals surface area contributed by atoms with Gasteiger partial charge in [-0.05, 0) is 31.0 Å². The summed E-state index contributed by atoms with van der Waals surface area (Å²) in [5.74, 6) is 1.18. The molecule has 0 aliphatic carbocycles. The first kappa shape index (κ1) is 21.3. The van der Waals surface area contributed by atoms with Crippen LogP contribution in [0.1, 0.15) is 25.8 Å². The molecular weight excluding hydrogens is 380 g/mol. The Morgan fingerprint density at radius 1 is 1.20 bits per heavy atom. The van der Waals surface area contributed by atoms with E-state index in [0.29, 0.717) is 17.8 Å². The molecule has 1 aromatic heterocycles. The smallest absolute Gasteiger partial charge is 0.255 e. The lowest BCUT2D eigenvalue weighted by Gasteiger charge is -2.26. The van der Waals surface area contributed by atoms with Crippen molar-refractivity contribution in [2.75, 3.05) is 42.3 Å². The molecule has 0 atom stereocenters. The second kappa shape index (κ2) is 9.87. The van der Waals surface area contributed by atoms with Crippen LogP contribution in [-0.2, 0) is 16.1 Å². The number of oxime groups is 1. The minimum absolute atomic E-state index is 0.172. The molecule has 30 heavy (non-hydrogen) atoms. The molecule has 158 valence electrons. The zero-order chi connectivity index (χ0) is 21.5. The summed E-state index contributed by atoms with van der Waals surface area (Å²) in [6.45, 7) is 5.38. The van der Waals surface area contributed by atoms with Gasteiger partial charge in [0.05, 0.1) is 23.1 Å². The number of aromatic nitrogens is 2. The lowest BCUT2D eigenvalue weighted by atomic mass is 10.1. The minimum atomic E-state index is -0.172. The predicted octanol–water partition coefficient (Wildman–Crippen LogP) is 3.23. The summed E-state index contributed by atoms with van der Waals surface area (Å²) in [5, 5.41) is 6.79. The normalized spacial score (nSPS) is 13.1. The average molecular weight is 409 g/mol. The molecule has 2 aromatic rings. The van der Waals surface area contributed by atoms with E-state index in [0.717, 1.165) is 36.7 Å². The third-order valence-electron chi connectivity index (χ3n) is 5.10. The molecule has 3 rings (SSSR count). The van der Waals surface area contributed by atoms with Gasteiger partial charge in [-0.15, -0.1) is 0 Å². The fourth-order valence-electron chi connectivity index (χ4n) is 3.14. The number of rotatable bonds is 8. The van der Waals surface area contributed by atoms with Gasteiger partial charge in [-0.2, -0.15) is 0 Å². The molecule has 1 aromatic carbocycles. The molecule has 0 spiro atoms. The van der Waals surface area contributed by atoms with Gasteiger partial charge in [0.15, 0.2) is 0 Å². The van der Waals surface area contributed by atoms with Crippen LogP contribution in [0.15, 0.2) is 53.3 Å². The number of aryl methyl sites for hydroxylation is 1. The Balaban J connectivity index is 1.74. The third-order valence-corrected chi connectivity index (χ3v) is 5.10. The quantitative estimate of drug-likeness (QED) is 0.722. The van der Waals surface area contributed by atoms with Gasteiger partial charge >= 0.3 is 0 Å². The van der Waals surface area contributed by atoms with E-state index in [-0.39, 0.29) is 5.91 Å². The Bertz CT molecular complexity index is 942. The maximum absolute atomic E-state index is 12.8.